The first-order valence-electron chi connectivity index (χ1n) is 12.4. The highest BCUT2D eigenvalue weighted by Gasteiger charge is 2.48. The molecule has 0 aliphatic carbocycles. The summed E-state index contributed by atoms with van der Waals surface area (Å²) in [6.45, 7) is 5.71. The van der Waals surface area contributed by atoms with Crippen LogP contribution in [0.5, 0.6) is 0 Å². The number of nitrogens with zero attached hydrogens (tertiary/aromatic N) is 2. The minimum atomic E-state index is -0.496. The molecule has 6 nitrogen and oxygen atoms in total. The number of piperazine rings is 1. The fourth-order valence-corrected chi connectivity index (χ4v) is 5.92. The third kappa shape index (κ3) is 3.43. The second kappa shape index (κ2) is 8.27. The van der Waals surface area contributed by atoms with Crippen LogP contribution in [0.3, 0.4) is 0 Å². The zero-order chi connectivity index (χ0) is 23.4. The Hall–Kier alpha value is -3.12. The summed E-state index contributed by atoms with van der Waals surface area (Å²) in [6, 6.07) is 16.0. The number of amides is 2. The van der Waals surface area contributed by atoms with Crippen LogP contribution in [-0.2, 0) is 20.7 Å². The van der Waals surface area contributed by atoms with E-state index in [1.807, 2.05) is 17.0 Å². The molecule has 1 aromatic heterocycles. The number of aromatic amines is 1. The number of aromatic nitrogens is 1. The smallest absolute Gasteiger partial charge is 0.246 e. The predicted molar refractivity (Wildman–Crippen MR) is 131 cm³/mol. The van der Waals surface area contributed by atoms with Crippen molar-refractivity contribution in [1.29, 1.82) is 0 Å². The number of H-pyrrole nitrogens is 1. The molecule has 6 heteroatoms. The van der Waals surface area contributed by atoms with Crippen molar-refractivity contribution >= 4 is 22.7 Å². The van der Waals surface area contributed by atoms with Crippen molar-refractivity contribution in [3.05, 3.63) is 70.9 Å². The van der Waals surface area contributed by atoms with Crippen molar-refractivity contribution in [2.45, 2.75) is 57.2 Å². The van der Waals surface area contributed by atoms with Crippen molar-refractivity contribution in [2.75, 3.05) is 19.7 Å². The highest BCUT2D eigenvalue weighted by Crippen LogP contribution is 2.42. The summed E-state index contributed by atoms with van der Waals surface area (Å²) in [4.78, 5) is 34.5. The lowest BCUT2D eigenvalue weighted by molar-refractivity contribution is -0.159. The minimum absolute atomic E-state index is 0.00448. The average Bonchev–Trinajstić information content (AvgIpc) is 3.49. The standard InChI is InChI=1S/C28H31N3O3/c1-17(2)18-9-11-19(12-10-18)27-26-22(21-7-3-4-8-23(21)29-26)14-24-28(33)30(16-25(32)31(24)27)15-20-6-5-13-34-20/h3-4,7-12,17,20,24,27,29H,5-6,13-16H2,1-2H3/t20-,24+,27-/m1/s1. The molecule has 3 aliphatic heterocycles. The van der Waals surface area contributed by atoms with E-state index in [9.17, 15) is 9.59 Å². The second-order valence-corrected chi connectivity index (χ2v) is 10.2. The van der Waals surface area contributed by atoms with Gasteiger partial charge < -0.3 is 19.5 Å². The van der Waals surface area contributed by atoms with E-state index in [-0.39, 0.29) is 30.5 Å². The summed E-state index contributed by atoms with van der Waals surface area (Å²) < 4.78 is 5.77. The Morgan fingerprint density at radius 2 is 1.88 bits per heavy atom. The number of benzene rings is 2. The number of hydrogen-bond donors (Lipinski definition) is 1. The Morgan fingerprint density at radius 3 is 2.62 bits per heavy atom. The van der Waals surface area contributed by atoms with Gasteiger partial charge in [0.2, 0.25) is 11.8 Å². The SMILES string of the molecule is CC(C)c1ccc([C@@H]2c3[nH]c4ccccc4c3C[C@H]3C(=O)N(C[C@H]4CCCO4)CC(=O)N23)cc1. The van der Waals surface area contributed by atoms with Gasteiger partial charge in [0.05, 0.1) is 18.7 Å². The van der Waals surface area contributed by atoms with Crippen molar-refractivity contribution in [2.24, 2.45) is 0 Å². The fourth-order valence-electron chi connectivity index (χ4n) is 5.92. The molecular formula is C28H31N3O3. The van der Waals surface area contributed by atoms with E-state index in [0.717, 1.165) is 47.2 Å². The fraction of sp³-hybridized carbons (Fsp3) is 0.429. The third-order valence-electron chi connectivity index (χ3n) is 7.71. The minimum Gasteiger partial charge on any atom is -0.376 e. The molecule has 2 amide bonds. The van der Waals surface area contributed by atoms with Crippen LogP contribution in [-0.4, -0.2) is 58.4 Å². The first-order valence-corrected chi connectivity index (χ1v) is 12.4. The average molecular weight is 458 g/mol. The summed E-state index contributed by atoms with van der Waals surface area (Å²) >= 11 is 0. The molecule has 176 valence electrons. The van der Waals surface area contributed by atoms with Gasteiger partial charge in [-0.25, -0.2) is 0 Å². The molecule has 3 aliphatic rings. The summed E-state index contributed by atoms with van der Waals surface area (Å²) in [5.41, 5.74) is 5.53. The number of nitrogens with one attached hydrogen (secondary N) is 1. The first kappa shape index (κ1) is 21.4. The Balaban J connectivity index is 1.44. The Kier molecular flexibility index (Phi) is 5.21. The zero-order valence-corrected chi connectivity index (χ0v) is 19.8. The number of ether oxygens (including phenoxy) is 1. The largest absolute Gasteiger partial charge is 0.376 e. The molecule has 3 atom stereocenters. The van der Waals surface area contributed by atoms with Gasteiger partial charge in [0.1, 0.15) is 6.04 Å². The molecule has 0 spiro atoms. The molecule has 4 heterocycles. The predicted octanol–water partition coefficient (Wildman–Crippen LogP) is 4.16. The number of para-hydroxylation sites is 1. The Labute approximate surface area is 199 Å². The Bertz CT molecular complexity index is 1240. The maximum atomic E-state index is 13.7. The van der Waals surface area contributed by atoms with E-state index in [1.54, 1.807) is 4.90 Å². The monoisotopic (exact) mass is 457 g/mol. The van der Waals surface area contributed by atoms with Crippen molar-refractivity contribution < 1.29 is 14.3 Å². The molecule has 34 heavy (non-hydrogen) atoms. The van der Waals surface area contributed by atoms with E-state index in [1.165, 1.54) is 5.56 Å². The maximum Gasteiger partial charge on any atom is 0.246 e. The quantitative estimate of drug-likeness (QED) is 0.640. The van der Waals surface area contributed by atoms with Gasteiger partial charge in [0, 0.05) is 36.2 Å². The third-order valence-corrected chi connectivity index (χ3v) is 7.71. The topological polar surface area (TPSA) is 65.6 Å². The van der Waals surface area contributed by atoms with Gasteiger partial charge >= 0.3 is 0 Å². The van der Waals surface area contributed by atoms with Crippen LogP contribution in [0.15, 0.2) is 48.5 Å². The van der Waals surface area contributed by atoms with Crippen molar-refractivity contribution in [3.63, 3.8) is 0 Å². The molecule has 2 fully saturated rings. The molecule has 2 aromatic carbocycles. The van der Waals surface area contributed by atoms with E-state index in [2.05, 4.69) is 55.2 Å². The molecule has 3 aromatic rings. The molecule has 0 unspecified atom stereocenters. The lowest BCUT2D eigenvalue weighted by atomic mass is 9.85. The van der Waals surface area contributed by atoms with Gasteiger partial charge in [0.15, 0.2) is 0 Å². The van der Waals surface area contributed by atoms with E-state index in [0.29, 0.717) is 18.9 Å². The van der Waals surface area contributed by atoms with Crippen LogP contribution in [0, 0.1) is 0 Å². The first-order chi connectivity index (χ1) is 16.5. The maximum absolute atomic E-state index is 13.7. The van der Waals surface area contributed by atoms with E-state index in [4.69, 9.17) is 4.74 Å². The summed E-state index contributed by atoms with van der Waals surface area (Å²) in [5.74, 6) is 0.473. The number of hydrogen-bond acceptors (Lipinski definition) is 3. The van der Waals surface area contributed by atoms with Gasteiger partial charge in [-0.1, -0.05) is 56.3 Å². The lowest BCUT2D eigenvalue weighted by Crippen LogP contribution is -2.63. The number of carbonyl (C=O) groups excluding carboxylic acids is 2. The normalized spacial score (nSPS) is 24.7. The van der Waals surface area contributed by atoms with Crippen LogP contribution in [0.2, 0.25) is 0 Å². The van der Waals surface area contributed by atoms with Crippen molar-refractivity contribution in [1.82, 2.24) is 14.8 Å². The molecule has 6 rings (SSSR count). The molecule has 0 radical (unpaired) electrons. The van der Waals surface area contributed by atoms with Crippen LogP contribution in [0.25, 0.3) is 10.9 Å². The number of rotatable bonds is 4. The van der Waals surface area contributed by atoms with E-state index < -0.39 is 6.04 Å². The van der Waals surface area contributed by atoms with Crippen molar-refractivity contribution in [3.8, 4) is 0 Å². The Morgan fingerprint density at radius 1 is 1.09 bits per heavy atom. The van der Waals surface area contributed by atoms with Gasteiger partial charge in [-0.05, 0) is 41.5 Å². The molecule has 1 N–H and O–H groups in total. The molecule has 0 bridgehead atoms. The summed E-state index contributed by atoms with van der Waals surface area (Å²) in [5, 5.41) is 1.14. The van der Waals surface area contributed by atoms with Crippen LogP contribution < -0.4 is 0 Å². The lowest BCUT2D eigenvalue weighted by Gasteiger charge is -2.47. The number of fused-ring (bicyclic) bond motifs is 4. The molecule has 2 saturated heterocycles. The van der Waals surface area contributed by atoms with Gasteiger partial charge in [-0.2, -0.15) is 0 Å². The second-order valence-electron chi connectivity index (χ2n) is 10.2. The highest BCUT2D eigenvalue weighted by atomic mass is 16.5. The molecule has 0 saturated carbocycles. The molecular weight excluding hydrogens is 426 g/mol. The van der Waals surface area contributed by atoms with Crippen LogP contribution in [0.1, 0.15) is 61.0 Å². The summed E-state index contributed by atoms with van der Waals surface area (Å²) in [6.07, 6.45) is 2.54. The van der Waals surface area contributed by atoms with Gasteiger partial charge in [-0.3, -0.25) is 9.59 Å². The summed E-state index contributed by atoms with van der Waals surface area (Å²) in [7, 11) is 0. The number of carbonyl (C=O) groups is 2. The van der Waals surface area contributed by atoms with Crippen LogP contribution in [0.4, 0.5) is 0 Å². The van der Waals surface area contributed by atoms with Gasteiger partial charge in [-0.15, -0.1) is 0 Å². The highest BCUT2D eigenvalue weighted by molar-refractivity contribution is 5.97. The van der Waals surface area contributed by atoms with Crippen LogP contribution >= 0.6 is 0 Å². The van der Waals surface area contributed by atoms with E-state index >= 15 is 0 Å². The van der Waals surface area contributed by atoms with Gasteiger partial charge in [0.25, 0.3) is 0 Å². The zero-order valence-electron chi connectivity index (χ0n) is 19.8.